The van der Waals surface area contributed by atoms with E-state index in [4.69, 9.17) is 9.47 Å². The van der Waals surface area contributed by atoms with E-state index >= 15 is 0 Å². The minimum atomic E-state index is -0.961. The van der Waals surface area contributed by atoms with Crippen LogP contribution in [0.25, 0.3) is 5.76 Å². The SMILES string of the molecule is COc1cc2c(cc1Br)C1(CCOCC1)C(=O)C(C(=O)NCC(C)=O)=C2O. The molecule has 0 atom stereocenters. The van der Waals surface area contributed by atoms with E-state index in [0.29, 0.717) is 47.4 Å². The van der Waals surface area contributed by atoms with Crippen LogP contribution in [0, 0.1) is 0 Å². The van der Waals surface area contributed by atoms with Gasteiger partial charge in [0.1, 0.15) is 22.9 Å². The zero-order valence-electron chi connectivity index (χ0n) is 15.1. The average Bonchev–Trinajstić information content (AvgIpc) is 2.65. The van der Waals surface area contributed by atoms with Crippen molar-refractivity contribution in [2.24, 2.45) is 0 Å². The van der Waals surface area contributed by atoms with Crippen molar-refractivity contribution in [1.29, 1.82) is 0 Å². The van der Waals surface area contributed by atoms with Crippen LogP contribution in [0.4, 0.5) is 0 Å². The molecule has 0 bridgehead atoms. The number of hydrogen-bond donors (Lipinski definition) is 2. The van der Waals surface area contributed by atoms with E-state index < -0.39 is 22.9 Å². The number of nitrogens with one attached hydrogen (secondary N) is 1. The number of hydrogen-bond acceptors (Lipinski definition) is 6. The second-order valence-corrected chi connectivity index (χ2v) is 7.52. The summed E-state index contributed by atoms with van der Waals surface area (Å²) in [7, 11) is 1.49. The molecule has 0 radical (unpaired) electrons. The van der Waals surface area contributed by atoms with E-state index in [2.05, 4.69) is 21.2 Å². The van der Waals surface area contributed by atoms with Gasteiger partial charge in [0.25, 0.3) is 5.91 Å². The third kappa shape index (κ3) is 3.27. The van der Waals surface area contributed by atoms with Gasteiger partial charge < -0.3 is 19.9 Å². The second-order valence-electron chi connectivity index (χ2n) is 6.66. The fraction of sp³-hybridized carbons (Fsp3) is 0.421. The summed E-state index contributed by atoms with van der Waals surface area (Å²) < 4.78 is 11.4. The standard InChI is InChI=1S/C19H20BrNO6/c1-10(22)9-21-18(25)15-16(23)11-7-14(26-2)13(20)8-12(11)19(17(15)24)3-5-27-6-4-19/h7-8,23H,3-6,9H2,1-2H3,(H,21,25). The maximum atomic E-state index is 13.4. The lowest BCUT2D eigenvalue weighted by Crippen LogP contribution is -2.48. The van der Waals surface area contributed by atoms with Gasteiger partial charge in [0.2, 0.25) is 0 Å². The van der Waals surface area contributed by atoms with E-state index in [1.54, 1.807) is 12.1 Å². The van der Waals surface area contributed by atoms with Crippen molar-refractivity contribution in [3.63, 3.8) is 0 Å². The number of ketones is 2. The molecular weight excluding hydrogens is 418 g/mol. The topological polar surface area (TPSA) is 102 Å². The number of carbonyl (C=O) groups is 3. The molecule has 27 heavy (non-hydrogen) atoms. The number of methoxy groups -OCH3 is 1. The van der Waals surface area contributed by atoms with Gasteiger partial charge in [0.15, 0.2) is 5.78 Å². The molecule has 3 rings (SSSR count). The number of rotatable bonds is 4. The van der Waals surface area contributed by atoms with E-state index in [9.17, 15) is 19.5 Å². The highest BCUT2D eigenvalue weighted by Gasteiger charge is 2.50. The molecular formula is C19H20BrNO6. The van der Waals surface area contributed by atoms with Gasteiger partial charge in [-0.3, -0.25) is 14.4 Å². The third-order valence-electron chi connectivity index (χ3n) is 5.03. The van der Waals surface area contributed by atoms with Crippen LogP contribution in [-0.4, -0.2) is 49.4 Å². The zero-order valence-corrected chi connectivity index (χ0v) is 16.6. The highest BCUT2D eigenvalue weighted by atomic mass is 79.9. The summed E-state index contributed by atoms with van der Waals surface area (Å²) in [5.74, 6) is -1.39. The van der Waals surface area contributed by atoms with Crippen LogP contribution >= 0.6 is 15.9 Å². The molecule has 2 N–H and O–H groups in total. The van der Waals surface area contributed by atoms with Crippen molar-refractivity contribution >= 4 is 39.2 Å². The molecule has 0 aromatic heterocycles. The van der Waals surface area contributed by atoms with E-state index in [0.717, 1.165) is 0 Å². The Bertz CT molecular complexity index is 854. The smallest absolute Gasteiger partial charge is 0.259 e. The number of benzene rings is 1. The predicted octanol–water partition coefficient (Wildman–Crippen LogP) is 2.06. The molecule has 8 heteroatoms. The summed E-state index contributed by atoms with van der Waals surface area (Å²) >= 11 is 3.43. The molecule has 7 nitrogen and oxygen atoms in total. The first-order valence-electron chi connectivity index (χ1n) is 8.53. The maximum absolute atomic E-state index is 13.4. The number of amides is 1. The van der Waals surface area contributed by atoms with E-state index in [1.165, 1.54) is 14.0 Å². The average molecular weight is 438 g/mol. The van der Waals surface area contributed by atoms with Crippen LogP contribution in [0.1, 0.15) is 30.9 Å². The molecule has 1 fully saturated rings. The Morgan fingerprint density at radius 1 is 1.33 bits per heavy atom. The van der Waals surface area contributed by atoms with Crippen LogP contribution in [0.2, 0.25) is 0 Å². The molecule has 144 valence electrons. The van der Waals surface area contributed by atoms with Gasteiger partial charge in [-0.05, 0) is 53.4 Å². The highest BCUT2D eigenvalue weighted by molar-refractivity contribution is 9.10. The number of aliphatic hydroxyl groups excluding tert-OH is 1. The Balaban J connectivity index is 2.19. The first-order valence-corrected chi connectivity index (χ1v) is 9.33. The van der Waals surface area contributed by atoms with Crippen molar-refractivity contribution in [3.8, 4) is 5.75 Å². The predicted molar refractivity (Wildman–Crippen MR) is 101 cm³/mol. The Morgan fingerprint density at radius 3 is 2.59 bits per heavy atom. The Kier molecular flexibility index (Phi) is 5.39. The summed E-state index contributed by atoms with van der Waals surface area (Å²) in [5.41, 5.74) is -0.263. The number of aliphatic hydroxyl groups is 1. The van der Waals surface area contributed by atoms with E-state index in [1.807, 2.05) is 0 Å². The Morgan fingerprint density at radius 2 is 2.00 bits per heavy atom. The summed E-state index contributed by atoms with van der Waals surface area (Å²) in [6, 6.07) is 3.37. The van der Waals surface area contributed by atoms with Gasteiger partial charge in [0, 0.05) is 18.8 Å². The van der Waals surface area contributed by atoms with Gasteiger partial charge in [-0.1, -0.05) is 0 Å². The summed E-state index contributed by atoms with van der Waals surface area (Å²) in [4.78, 5) is 37.2. The number of ether oxygens (including phenoxy) is 2. The second kappa shape index (κ2) is 7.44. The zero-order chi connectivity index (χ0) is 19.8. The van der Waals surface area contributed by atoms with Gasteiger partial charge in [-0.15, -0.1) is 0 Å². The van der Waals surface area contributed by atoms with Gasteiger partial charge in [-0.25, -0.2) is 0 Å². The third-order valence-corrected chi connectivity index (χ3v) is 5.65. The van der Waals surface area contributed by atoms with Crippen molar-refractivity contribution in [2.45, 2.75) is 25.2 Å². The summed E-state index contributed by atoms with van der Waals surface area (Å²) in [6.07, 6.45) is 0.794. The lowest BCUT2D eigenvalue weighted by atomic mass is 9.64. The number of fused-ring (bicyclic) bond motifs is 2. The molecule has 0 saturated carbocycles. The van der Waals surface area contributed by atoms with Crippen molar-refractivity contribution in [2.75, 3.05) is 26.9 Å². The molecule has 1 aliphatic carbocycles. The lowest BCUT2D eigenvalue weighted by molar-refractivity contribution is -0.129. The van der Waals surface area contributed by atoms with Crippen molar-refractivity contribution in [3.05, 3.63) is 33.3 Å². The normalized spacial score (nSPS) is 18.3. The first-order chi connectivity index (χ1) is 12.8. The first kappa shape index (κ1) is 19.6. The molecule has 1 heterocycles. The monoisotopic (exact) mass is 437 g/mol. The van der Waals surface area contributed by atoms with Crippen molar-refractivity contribution in [1.82, 2.24) is 5.32 Å². The molecule has 0 unspecified atom stereocenters. The van der Waals surface area contributed by atoms with Crippen LogP contribution < -0.4 is 10.1 Å². The highest BCUT2D eigenvalue weighted by Crippen LogP contribution is 2.48. The van der Waals surface area contributed by atoms with Crippen LogP contribution in [0.15, 0.2) is 22.2 Å². The summed E-state index contributed by atoms with van der Waals surface area (Å²) in [6.45, 7) is 1.86. The van der Waals surface area contributed by atoms with Gasteiger partial charge >= 0.3 is 0 Å². The minimum absolute atomic E-state index is 0.213. The fourth-order valence-electron chi connectivity index (χ4n) is 3.63. The Hall–Kier alpha value is -2.19. The fourth-order valence-corrected chi connectivity index (χ4v) is 4.13. The minimum Gasteiger partial charge on any atom is -0.506 e. The molecule has 1 aromatic rings. The van der Waals surface area contributed by atoms with Gasteiger partial charge in [-0.2, -0.15) is 0 Å². The quantitative estimate of drug-likeness (QED) is 0.698. The van der Waals surface area contributed by atoms with Gasteiger partial charge in [0.05, 0.1) is 23.5 Å². The molecule has 2 aliphatic rings. The molecule has 1 aromatic carbocycles. The largest absolute Gasteiger partial charge is 0.506 e. The van der Waals surface area contributed by atoms with E-state index in [-0.39, 0.29) is 17.9 Å². The van der Waals surface area contributed by atoms with Crippen LogP contribution in [0.5, 0.6) is 5.75 Å². The number of carbonyl (C=O) groups excluding carboxylic acids is 3. The molecule has 1 saturated heterocycles. The number of halogens is 1. The number of Topliss-reactive ketones (excluding diaryl/α,β-unsaturated/α-hetero) is 2. The Labute approximate surface area is 164 Å². The molecule has 1 aliphatic heterocycles. The molecule has 1 amide bonds. The van der Waals surface area contributed by atoms with Crippen molar-refractivity contribution < 1.29 is 29.0 Å². The van der Waals surface area contributed by atoms with Crippen LogP contribution in [0.3, 0.4) is 0 Å². The molecule has 1 spiro atoms. The lowest BCUT2D eigenvalue weighted by Gasteiger charge is -2.40. The van der Waals surface area contributed by atoms with Crippen LogP contribution in [-0.2, 0) is 24.5 Å². The maximum Gasteiger partial charge on any atom is 0.259 e. The summed E-state index contributed by atoms with van der Waals surface area (Å²) in [5, 5.41) is 13.2.